The predicted molar refractivity (Wildman–Crippen MR) is 113 cm³/mol. The first-order valence-corrected chi connectivity index (χ1v) is 11.2. The Morgan fingerprint density at radius 2 is 1.70 bits per heavy atom. The quantitative estimate of drug-likeness (QED) is 0.729. The highest BCUT2D eigenvalue weighted by Crippen LogP contribution is 2.29. The first-order chi connectivity index (χ1) is 14.3. The molecule has 0 spiro atoms. The van der Waals surface area contributed by atoms with Gasteiger partial charge in [0.1, 0.15) is 10.6 Å². The number of rotatable bonds is 6. The van der Waals surface area contributed by atoms with Gasteiger partial charge in [0.15, 0.2) is 0 Å². The van der Waals surface area contributed by atoms with Crippen LogP contribution in [-0.4, -0.2) is 44.7 Å². The number of nitrogens with zero attached hydrogens (tertiary/aromatic N) is 1. The van der Waals surface area contributed by atoms with Gasteiger partial charge in [0, 0.05) is 29.9 Å². The molecule has 0 unspecified atom stereocenters. The molecule has 1 heterocycles. The third-order valence-corrected chi connectivity index (χ3v) is 6.93. The molecule has 0 saturated carbocycles. The molecule has 1 saturated heterocycles. The highest BCUT2D eigenvalue weighted by Gasteiger charge is 2.29. The molecule has 30 heavy (non-hydrogen) atoms. The molecule has 160 valence electrons. The number of hydrogen-bond donors (Lipinski definition) is 2. The average molecular weight is 432 g/mol. The molecule has 3 rings (SSSR count). The molecule has 9 heteroatoms. The lowest BCUT2D eigenvalue weighted by atomic mass is 10.1. The molecule has 2 aromatic rings. The van der Waals surface area contributed by atoms with Crippen molar-refractivity contribution in [1.82, 2.24) is 4.31 Å². The van der Waals surface area contributed by atoms with Crippen LogP contribution < -0.4 is 15.8 Å². The fraction of sp³-hybridized carbons (Fsp3) is 0.333. The third kappa shape index (κ3) is 4.80. The Kier molecular flexibility index (Phi) is 6.73. The highest BCUT2D eigenvalue weighted by molar-refractivity contribution is 7.89. The molecule has 2 aromatic carbocycles. The Balaban J connectivity index is 1.91. The van der Waals surface area contributed by atoms with Gasteiger partial charge >= 0.3 is 0 Å². The van der Waals surface area contributed by atoms with Gasteiger partial charge in [0.25, 0.3) is 5.91 Å². The minimum Gasteiger partial charge on any atom is -0.495 e. The van der Waals surface area contributed by atoms with Crippen molar-refractivity contribution in [3.63, 3.8) is 0 Å². The molecule has 0 aromatic heterocycles. The molecule has 8 nitrogen and oxygen atoms in total. The first kappa shape index (κ1) is 21.8. The van der Waals surface area contributed by atoms with E-state index in [1.165, 1.54) is 41.7 Å². The lowest BCUT2D eigenvalue weighted by Crippen LogP contribution is -2.32. The molecule has 1 aliphatic rings. The van der Waals surface area contributed by atoms with Gasteiger partial charge in [-0.25, -0.2) is 8.42 Å². The summed E-state index contributed by atoms with van der Waals surface area (Å²) >= 11 is 0. The van der Waals surface area contributed by atoms with Gasteiger partial charge in [0.05, 0.1) is 7.11 Å². The number of benzene rings is 2. The van der Waals surface area contributed by atoms with Gasteiger partial charge in [-0.05, 0) is 49.2 Å². The van der Waals surface area contributed by atoms with E-state index in [1.807, 2.05) is 0 Å². The molecule has 0 radical (unpaired) electrons. The van der Waals surface area contributed by atoms with Crippen LogP contribution in [0.5, 0.6) is 5.75 Å². The van der Waals surface area contributed by atoms with Gasteiger partial charge in [0.2, 0.25) is 15.9 Å². The maximum Gasteiger partial charge on any atom is 0.255 e. The molecule has 1 aliphatic heterocycles. The van der Waals surface area contributed by atoms with Crippen LogP contribution in [0, 0.1) is 0 Å². The zero-order chi connectivity index (χ0) is 21.7. The van der Waals surface area contributed by atoms with E-state index in [0.717, 1.165) is 25.7 Å². The standard InChI is InChI=1S/C21H25N3O5S/c1-29-18-10-9-16(21(26)23-17-8-6-7-15(13-17)20(22)25)14-19(18)30(27,28)24-11-4-2-3-5-12-24/h6-10,13-14H,2-5,11-12H2,1H3,(H2,22,25)(H,23,26). The second-order valence-corrected chi connectivity index (χ2v) is 8.99. The van der Waals surface area contributed by atoms with Gasteiger partial charge < -0.3 is 15.8 Å². The number of anilines is 1. The molecular formula is C21H25N3O5S. The molecule has 2 amide bonds. The van der Waals surface area contributed by atoms with E-state index < -0.39 is 21.8 Å². The largest absolute Gasteiger partial charge is 0.495 e. The summed E-state index contributed by atoms with van der Waals surface area (Å²) in [4.78, 5) is 24.0. The van der Waals surface area contributed by atoms with Gasteiger partial charge in [-0.2, -0.15) is 4.31 Å². The molecule has 1 fully saturated rings. The zero-order valence-corrected chi connectivity index (χ0v) is 17.6. The van der Waals surface area contributed by atoms with Crippen LogP contribution in [0.25, 0.3) is 0 Å². The van der Waals surface area contributed by atoms with E-state index in [0.29, 0.717) is 18.8 Å². The Morgan fingerprint density at radius 3 is 2.33 bits per heavy atom. The first-order valence-electron chi connectivity index (χ1n) is 9.72. The molecule has 0 aliphatic carbocycles. The summed E-state index contributed by atoms with van der Waals surface area (Å²) in [5.74, 6) is -0.931. The number of ether oxygens (including phenoxy) is 1. The van der Waals surface area contributed by atoms with Gasteiger partial charge in [-0.15, -0.1) is 0 Å². The van der Waals surface area contributed by atoms with Crippen molar-refractivity contribution in [3.05, 3.63) is 53.6 Å². The third-order valence-electron chi connectivity index (χ3n) is 5.01. The van der Waals surface area contributed by atoms with Crippen LogP contribution >= 0.6 is 0 Å². The second-order valence-electron chi connectivity index (χ2n) is 7.08. The van der Waals surface area contributed by atoms with Crippen molar-refractivity contribution < 1.29 is 22.7 Å². The predicted octanol–water partition coefficient (Wildman–Crippen LogP) is 2.61. The number of carbonyl (C=O) groups is 2. The number of sulfonamides is 1. The van der Waals surface area contributed by atoms with Crippen molar-refractivity contribution in [1.29, 1.82) is 0 Å². The van der Waals surface area contributed by atoms with Crippen LogP contribution in [0.1, 0.15) is 46.4 Å². The van der Waals surface area contributed by atoms with E-state index in [4.69, 9.17) is 10.5 Å². The summed E-state index contributed by atoms with van der Waals surface area (Å²) in [6, 6.07) is 10.5. The zero-order valence-electron chi connectivity index (χ0n) is 16.8. The van der Waals surface area contributed by atoms with Crippen molar-refractivity contribution >= 4 is 27.5 Å². The maximum absolute atomic E-state index is 13.2. The number of methoxy groups -OCH3 is 1. The SMILES string of the molecule is COc1ccc(C(=O)Nc2cccc(C(N)=O)c2)cc1S(=O)(=O)N1CCCCCC1. The number of primary amides is 1. The van der Waals surface area contributed by atoms with E-state index >= 15 is 0 Å². The molecule has 0 atom stereocenters. The lowest BCUT2D eigenvalue weighted by molar-refractivity contribution is 0.0996. The van der Waals surface area contributed by atoms with Crippen LogP contribution in [0.2, 0.25) is 0 Å². The van der Waals surface area contributed by atoms with Crippen molar-refractivity contribution in [2.75, 3.05) is 25.5 Å². The summed E-state index contributed by atoms with van der Waals surface area (Å²) in [6.07, 6.45) is 3.60. The Labute approximate surface area is 176 Å². The van der Waals surface area contributed by atoms with Gasteiger partial charge in [-0.1, -0.05) is 18.9 Å². The number of hydrogen-bond acceptors (Lipinski definition) is 5. The van der Waals surface area contributed by atoms with E-state index in [2.05, 4.69) is 5.32 Å². The fourth-order valence-electron chi connectivity index (χ4n) is 3.39. The number of nitrogens with one attached hydrogen (secondary N) is 1. The summed E-state index contributed by atoms with van der Waals surface area (Å²) in [5, 5.41) is 2.66. The van der Waals surface area contributed by atoms with Crippen molar-refractivity contribution in [2.24, 2.45) is 5.73 Å². The summed E-state index contributed by atoms with van der Waals surface area (Å²) in [7, 11) is -2.41. The maximum atomic E-state index is 13.2. The molecule has 0 bridgehead atoms. The monoisotopic (exact) mass is 431 g/mol. The Morgan fingerprint density at radius 1 is 1.00 bits per heavy atom. The lowest BCUT2D eigenvalue weighted by Gasteiger charge is -2.21. The minimum absolute atomic E-state index is 0.0366. The van der Waals surface area contributed by atoms with Crippen molar-refractivity contribution in [3.8, 4) is 5.75 Å². The Bertz CT molecular complexity index is 1040. The van der Waals surface area contributed by atoms with Crippen LogP contribution in [0.4, 0.5) is 5.69 Å². The smallest absolute Gasteiger partial charge is 0.255 e. The van der Waals surface area contributed by atoms with E-state index in [1.54, 1.807) is 12.1 Å². The normalized spacial score (nSPS) is 15.2. The Hall–Kier alpha value is -2.91. The molecule has 3 N–H and O–H groups in total. The van der Waals surface area contributed by atoms with E-state index in [-0.39, 0.29) is 21.8 Å². The van der Waals surface area contributed by atoms with Crippen LogP contribution in [-0.2, 0) is 10.0 Å². The number of carbonyl (C=O) groups excluding carboxylic acids is 2. The topological polar surface area (TPSA) is 119 Å². The highest BCUT2D eigenvalue weighted by atomic mass is 32.2. The molecular weight excluding hydrogens is 406 g/mol. The number of amides is 2. The summed E-state index contributed by atoms with van der Waals surface area (Å²) in [5.41, 5.74) is 6.07. The van der Waals surface area contributed by atoms with Crippen molar-refractivity contribution in [2.45, 2.75) is 30.6 Å². The number of nitrogens with two attached hydrogens (primary N) is 1. The van der Waals surface area contributed by atoms with Crippen LogP contribution in [0.3, 0.4) is 0 Å². The van der Waals surface area contributed by atoms with Crippen LogP contribution in [0.15, 0.2) is 47.4 Å². The summed E-state index contributed by atoms with van der Waals surface area (Å²) in [6.45, 7) is 0.893. The fourth-order valence-corrected chi connectivity index (χ4v) is 5.09. The van der Waals surface area contributed by atoms with E-state index in [9.17, 15) is 18.0 Å². The average Bonchev–Trinajstić information content (AvgIpc) is 3.03. The van der Waals surface area contributed by atoms with Gasteiger partial charge in [-0.3, -0.25) is 9.59 Å². The minimum atomic E-state index is -3.81. The second kappa shape index (κ2) is 9.27. The summed E-state index contributed by atoms with van der Waals surface area (Å²) < 4.78 is 33.2.